The molecule has 0 radical (unpaired) electrons. The van der Waals surface area contributed by atoms with Crippen molar-refractivity contribution in [2.75, 3.05) is 13.1 Å². The Kier molecular flexibility index (Phi) is 4.67. The topological polar surface area (TPSA) is 29.1 Å². The Morgan fingerprint density at radius 3 is 2.74 bits per heavy atom. The van der Waals surface area contributed by atoms with Crippen LogP contribution in [0, 0.1) is 0 Å². The normalized spacial score (nSPS) is 23.7. The van der Waals surface area contributed by atoms with E-state index in [0.717, 1.165) is 31.5 Å². The second-order valence-corrected chi connectivity index (χ2v) is 5.82. The van der Waals surface area contributed by atoms with Gasteiger partial charge in [0.15, 0.2) is 5.78 Å². The predicted molar refractivity (Wildman–Crippen MR) is 80.1 cm³/mol. The van der Waals surface area contributed by atoms with Gasteiger partial charge in [-0.3, -0.25) is 4.79 Å². The number of hydrogen-bond donors (Lipinski definition) is 1. The molecule has 1 fully saturated rings. The van der Waals surface area contributed by atoms with Gasteiger partial charge in [-0.25, -0.2) is 0 Å². The van der Waals surface area contributed by atoms with Crippen molar-refractivity contribution < 1.29 is 4.79 Å². The molecule has 0 saturated carbocycles. The van der Waals surface area contributed by atoms with Gasteiger partial charge < -0.3 is 5.32 Å². The summed E-state index contributed by atoms with van der Waals surface area (Å²) in [5.41, 5.74) is 0.935. The number of piperidine rings is 1. The van der Waals surface area contributed by atoms with Gasteiger partial charge in [-0.2, -0.15) is 0 Å². The van der Waals surface area contributed by atoms with E-state index in [1.54, 1.807) is 13.0 Å². The first kappa shape index (κ1) is 14.6. The highest BCUT2D eigenvalue weighted by Crippen LogP contribution is 2.36. The summed E-state index contributed by atoms with van der Waals surface area (Å²) in [6.07, 6.45) is 5.72. The number of hydrogen-bond acceptors (Lipinski definition) is 2. The molecule has 0 aliphatic carbocycles. The molecule has 0 aromatic heterocycles. The van der Waals surface area contributed by atoms with Crippen molar-refractivity contribution in [1.29, 1.82) is 0 Å². The molecule has 1 aromatic rings. The Hall–Kier alpha value is -0.830. The first-order valence-electron chi connectivity index (χ1n) is 6.40. The Morgan fingerprint density at radius 1 is 1.37 bits per heavy atom. The van der Waals surface area contributed by atoms with Gasteiger partial charge in [0.25, 0.3) is 0 Å². The SMILES string of the molecule is CC(=O)C=CC1(c2ccc(Cl)c(Cl)c2)CCCNC1. The van der Waals surface area contributed by atoms with Crippen molar-refractivity contribution in [2.45, 2.75) is 25.2 Å². The first-order chi connectivity index (χ1) is 9.03. The minimum absolute atomic E-state index is 0.0602. The molecular formula is C15H17Cl2NO. The van der Waals surface area contributed by atoms with Crippen molar-refractivity contribution in [3.8, 4) is 0 Å². The highest BCUT2D eigenvalue weighted by Gasteiger charge is 2.31. The van der Waals surface area contributed by atoms with Crippen LogP contribution in [0.1, 0.15) is 25.3 Å². The Labute approximate surface area is 123 Å². The second-order valence-electron chi connectivity index (χ2n) is 5.01. The highest BCUT2D eigenvalue weighted by atomic mass is 35.5. The number of nitrogens with one attached hydrogen (secondary N) is 1. The first-order valence-corrected chi connectivity index (χ1v) is 7.15. The largest absolute Gasteiger partial charge is 0.316 e. The minimum Gasteiger partial charge on any atom is -0.316 e. The van der Waals surface area contributed by atoms with Crippen molar-refractivity contribution in [2.24, 2.45) is 0 Å². The van der Waals surface area contributed by atoms with E-state index < -0.39 is 0 Å². The smallest absolute Gasteiger partial charge is 0.152 e. The average Bonchev–Trinajstić information content (AvgIpc) is 2.40. The van der Waals surface area contributed by atoms with Crippen molar-refractivity contribution in [1.82, 2.24) is 5.32 Å². The summed E-state index contributed by atoms with van der Waals surface area (Å²) in [5, 5.41) is 4.50. The van der Waals surface area contributed by atoms with Crippen molar-refractivity contribution in [3.63, 3.8) is 0 Å². The van der Waals surface area contributed by atoms with Gasteiger partial charge in [-0.05, 0) is 50.1 Å². The lowest BCUT2D eigenvalue weighted by Crippen LogP contribution is -2.42. The van der Waals surface area contributed by atoms with Gasteiger partial charge in [-0.1, -0.05) is 35.3 Å². The molecule has 0 spiro atoms. The van der Waals surface area contributed by atoms with Gasteiger partial charge in [0.1, 0.15) is 0 Å². The zero-order chi connectivity index (χ0) is 13.9. The summed E-state index contributed by atoms with van der Waals surface area (Å²) >= 11 is 12.1. The maximum absolute atomic E-state index is 11.2. The fourth-order valence-electron chi connectivity index (χ4n) is 2.50. The van der Waals surface area contributed by atoms with Gasteiger partial charge in [0, 0.05) is 12.0 Å². The van der Waals surface area contributed by atoms with Crippen LogP contribution in [-0.4, -0.2) is 18.9 Å². The molecule has 19 heavy (non-hydrogen) atoms. The van der Waals surface area contributed by atoms with Crippen molar-refractivity contribution in [3.05, 3.63) is 46.0 Å². The lowest BCUT2D eigenvalue weighted by molar-refractivity contribution is -0.112. The molecule has 1 heterocycles. The number of carbonyl (C=O) groups excluding carboxylic acids is 1. The average molecular weight is 298 g/mol. The molecule has 2 nitrogen and oxygen atoms in total. The Morgan fingerprint density at radius 2 is 2.16 bits per heavy atom. The van der Waals surface area contributed by atoms with E-state index in [-0.39, 0.29) is 11.2 Å². The summed E-state index contributed by atoms with van der Waals surface area (Å²) in [4.78, 5) is 11.2. The van der Waals surface area contributed by atoms with Gasteiger partial charge in [0.05, 0.1) is 10.0 Å². The number of carbonyl (C=O) groups is 1. The van der Waals surface area contributed by atoms with Crippen molar-refractivity contribution >= 4 is 29.0 Å². The fourth-order valence-corrected chi connectivity index (χ4v) is 2.79. The number of benzene rings is 1. The summed E-state index contributed by atoms with van der Waals surface area (Å²) < 4.78 is 0. The highest BCUT2D eigenvalue weighted by molar-refractivity contribution is 6.42. The number of allylic oxidation sites excluding steroid dienone is 1. The third-order valence-electron chi connectivity index (χ3n) is 3.55. The van der Waals surface area contributed by atoms with E-state index >= 15 is 0 Å². The maximum atomic E-state index is 11.2. The van der Waals surface area contributed by atoms with E-state index in [1.807, 2.05) is 24.3 Å². The molecule has 0 bridgehead atoms. The van der Waals surface area contributed by atoms with Crippen LogP contribution in [0.15, 0.2) is 30.4 Å². The second kappa shape index (κ2) is 6.08. The molecule has 1 aliphatic rings. The zero-order valence-corrected chi connectivity index (χ0v) is 12.4. The number of rotatable bonds is 3. The van der Waals surface area contributed by atoms with Crippen LogP contribution in [0.4, 0.5) is 0 Å². The molecule has 1 saturated heterocycles. The van der Waals surface area contributed by atoms with E-state index in [2.05, 4.69) is 5.32 Å². The molecule has 0 amide bonds. The van der Waals surface area contributed by atoms with Gasteiger partial charge in [0.2, 0.25) is 0 Å². The minimum atomic E-state index is -0.169. The standard InChI is InChI=1S/C15H17Cl2NO/c1-11(19)5-7-15(6-2-8-18-10-15)12-3-4-13(16)14(17)9-12/h3-5,7,9,18H,2,6,8,10H2,1H3. The third-order valence-corrected chi connectivity index (χ3v) is 4.29. The zero-order valence-electron chi connectivity index (χ0n) is 10.9. The molecule has 1 unspecified atom stereocenters. The van der Waals surface area contributed by atoms with Crippen LogP contribution in [0.2, 0.25) is 10.0 Å². The summed E-state index contributed by atoms with van der Waals surface area (Å²) in [6.45, 7) is 3.39. The molecule has 2 rings (SSSR count). The fraction of sp³-hybridized carbons (Fsp3) is 0.400. The van der Waals surface area contributed by atoms with Crippen LogP contribution >= 0.6 is 23.2 Å². The summed E-state index contributed by atoms with van der Waals surface area (Å²) in [5.74, 6) is 0.0602. The van der Waals surface area contributed by atoms with Crippen LogP contribution in [0.25, 0.3) is 0 Å². The summed E-state index contributed by atoms with van der Waals surface area (Å²) in [6, 6.07) is 5.71. The molecule has 102 valence electrons. The lowest BCUT2D eigenvalue weighted by atomic mass is 9.74. The van der Waals surface area contributed by atoms with Crippen LogP contribution in [0.3, 0.4) is 0 Å². The molecule has 1 atom stereocenters. The van der Waals surface area contributed by atoms with Gasteiger partial charge >= 0.3 is 0 Å². The molecule has 1 aromatic carbocycles. The molecular weight excluding hydrogens is 281 g/mol. The van der Waals surface area contributed by atoms with Crippen LogP contribution in [0.5, 0.6) is 0 Å². The van der Waals surface area contributed by atoms with E-state index in [9.17, 15) is 4.79 Å². The van der Waals surface area contributed by atoms with Gasteiger partial charge in [-0.15, -0.1) is 0 Å². The monoisotopic (exact) mass is 297 g/mol. The van der Waals surface area contributed by atoms with E-state index in [4.69, 9.17) is 23.2 Å². The quantitative estimate of drug-likeness (QED) is 0.861. The van der Waals surface area contributed by atoms with Crippen LogP contribution < -0.4 is 5.32 Å². The molecule has 1 aliphatic heterocycles. The van der Waals surface area contributed by atoms with Crippen LogP contribution in [-0.2, 0) is 10.2 Å². The van der Waals surface area contributed by atoms with E-state index in [0.29, 0.717) is 10.0 Å². The number of ketones is 1. The van der Waals surface area contributed by atoms with E-state index in [1.165, 1.54) is 0 Å². The molecule has 4 heteroatoms. The lowest BCUT2D eigenvalue weighted by Gasteiger charge is -2.36. The number of halogens is 2. The summed E-state index contributed by atoms with van der Waals surface area (Å²) in [7, 11) is 0. The Balaban J connectivity index is 2.41. The maximum Gasteiger partial charge on any atom is 0.152 e. The Bertz CT molecular complexity index is 505. The predicted octanol–water partition coefficient (Wildman–Crippen LogP) is 3.76. The third kappa shape index (κ3) is 3.38. The molecule has 1 N–H and O–H groups in total.